The fourth-order valence-corrected chi connectivity index (χ4v) is 4.85. The Labute approximate surface area is 233 Å². The minimum Gasteiger partial charge on any atom is -0.480 e. The molecule has 2 amide bonds. The van der Waals surface area contributed by atoms with Gasteiger partial charge in [0.05, 0.1) is 0 Å². The van der Waals surface area contributed by atoms with E-state index in [4.69, 9.17) is 9.47 Å². The molecule has 9 nitrogen and oxygen atoms in total. The van der Waals surface area contributed by atoms with Gasteiger partial charge in [-0.25, -0.2) is 14.4 Å². The lowest BCUT2D eigenvalue weighted by molar-refractivity contribution is -0.139. The van der Waals surface area contributed by atoms with Gasteiger partial charge in [-0.15, -0.1) is 0 Å². The van der Waals surface area contributed by atoms with Crippen LogP contribution in [-0.4, -0.2) is 53.5 Å². The molecular weight excluding hydrogens is 498 g/mol. The topological polar surface area (TPSA) is 126 Å². The molecule has 9 heteroatoms. The first-order chi connectivity index (χ1) is 18.6. The summed E-state index contributed by atoms with van der Waals surface area (Å²) in [7, 11) is 0. The number of ether oxygens (including phenoxy) is 2. The van der Waals surface area contributed by atoms with Crippen molar-refractivity contribution in [3.05, 3.63) is 35.9 Å². The van der Waals surface area contributed by atoms with E-state index < -0.39 is 29.8 Å². The van der Waals surface area contributed by atoms with Crippen LogP contribution in [0, 0.1) is 0 Å². The van der Waals surface area contributed by atoms with Crippen molar-refractivity contribution in [2.24, 2.45) is 0 Å². The summed E-state index contributed by atoms with van der Waals surface area (Å²) in [5, 5.41) is 17.9. The Kier molecular flexibility index (Phi) is 14.7. The standard InChI is InChI=1S/C18H26N2O6.C12H23N/c1-18(2,3)26-16(23)19-11-7-10-14(15(21)22)20-17(24)25-12-13-8-5-4-6-9-13;1-3-7-11(8-4-1)13-12-9-5-2-6-10-12/h4-6,8-9,14H,7,10-12H2,1-3H3,(H,19,23)(H,20,24)(H,21,22);11-13H,1-10H2/t14-;/m1./s1. The van der Waals surface area contributed by atoms with E-state index in [0.717, 1.165) is 17.6 Å². The van der Waals surface area contributed by atoms with E-state index in [9.17, 15) is 19.5 Å². The number of carboxylic acids is 1. The van der Waals surface area contributed by atoms with Gasteiger partial charge in [0.15, 0.2) is 0 Å². The predicted molar refractivity (Wildman–Crippen MR) is 152 cm³/mol. The number of amides is 2. The Balaban J connectivity index is 0.000000338. The fraction of sp³-hybridized carbons (Fsp3) is 0.700. The molecule has 39 heavy (non-hydrogen) atoms. The number of hydrogen-bond donors (Lipinski definition) is 4. The minimum atomic E-state index is -1.17. The molecule has 1 atom stereocenters. The van der Waals surface area contributed by atoms with E-state index >= 15 is 0 Å². The normalized spacial score (nSPS) is 17.2. The van der Waals surface area contributed by atoms with Gasteiger partial charge in [-0.05, 0) is 64.9 Å². The van der Waals surface area contributed by atoms with Crippen molar-refractivity contribution >= 4 is 18.2 Å². The predicted octanol–water partition coefficient (Wildman–Crippen LogP) is 5.91. The number of hydrogen-bond acceptors (Lipinski definition) is 6. The van der Waals surface area contributed by atoms with Crippen molar-refractivity contribution in [1.82, 2.24) is 16.0 Å². The lowest BCUT2D eigenvalue weighted by Crippen LogP contribution is -2.41. The zero-order valence-corrected chi connectivity index (χ0v) is 24.0. The van der Waals surface area contributed by atoms with E-state index in [2.05, 4.69) is 16.0 Å². The van der Waals surface area contributed by atoms with Gasteiger partial charge in [-0.1, -0.05) is 68.9 Å². The number of rotatable bonds is 10. The molecule has 2 aliphatic carbocycles. The molecule has 2 saturated carbocycles. The second-order valence-electron chi connectivity index (χ2n) is 11.5. The second-order valence-corrected chi connectivity index (χ2v) is 11.5. The Morgan fingerprint density at radius 2 is 1.46 bits per heavy atom. The smallest absolute Gasteiger partial charge is 0.408 e. The highest BCUT2D eigenvalue weighted by Crippen LogP contribution is 2.22. The van der Waals surface area contributed by atoms with Gasteiger partial charge in [0.2, 0.25) is 0 Å². The third kappa shape index (κ3) is 15.4. The summed E-state index contributed by atoms with van der Waals surface area (Å²) in [6.07, 6.45) is 13.7. The summed E-state index contributed by atoms with van der Waals surface area (Å²) in [6, 6.07) is 9.71. The number of carbonyl (C=O) groups excluding carboxylic acids is 2. The maximum Gasteiger partial charge on any atom is 0.408 e. The van der Waals surface area contributed by atoms with E-state index in [1.807, 2.05) is 18.2 Å². The van der Waals surface area contributed by atoms with Gasteiger partial charge in [0.25, 0.3) is 0 Å². The summed E-state index contributed by atoms with van der Waals surface area (Å²) < 4.78 is 10.1. The summed E-state index contributed by atoms with van der Waals surface area (Å²) in [5.74, 6) is -1.17. The van der Waals surface area contributed by atoms with Crippen LogP contribution < -0.4 is 16.0 Å². The van der Waals surface area contributed by atoms with Crippen LogP contribution in [0.5, 0.6) is 0 Å². The molecule has 0 unspecified atom stereocenters. The number of alkyl carbamates (subject to hydrolysis) is 2. The molecule has 0 saturated heterocycles. The first kappa shape index (κ1) is 32.4. The lowest BCUT2D eigenvalue weighted by Gasteiger charge is -2.30. The zero-order chi connectivity index (χ0) is 28.5. The number of benzene rings is 1. The maximum absolute atomic E-state index is 11.7. The Bertz CT molecular complexity index is 830. The first-order valence-electron chi connectivity index (χ1n) is 14.6. The molecule has 0 radical (unpaired) electrons. The average Bonchev–Trinajstić information content (AvgIpc) is 2.90. The van der Waals surface area contributed by atoms with Crippen molar-refractivity contribution in [2.75, 3.05) is 6.54 Å². The Morgan fingerprint density at radius 3 is 1.97 bits per heavy atom. The van der Waals surface area contributed by atoms with Crippen molar-refractivity contribution in [3.8, 4) is 0 Å². The number of nitrogens with one attached hydrogen (secondary N) is 3. The van der Waals surface area contributed by atoms with Gasteiger partial charge in [0, 0.05) is 18.6 Å². The van der Waals surface area contributed by atoms with Gasteiger partial charge < -0.3 is 30.5 Å². The van der Waals surface area contributed by atoms with Gasteiger partial charge in [0.1, 0.15) is 18.2 Å². The molecule has 0 bridgehead atoms. The fourth-order valence-electron chi connectivity index (χ4n) is 4.85. The summed E-state index contributed by atoms with van der Waals surface area (Å²) in [6.45, 7) is 5.53. The average molecular weight is 548 g/mol. The summed E-state index contributed by atoms with van der Waals surface area (Å²) in [4.78, 5) is 34.5. The quantitative estimate of drug-likeness (QED) is 0.268. The molecule has 2 aliphatic rings. The van der Waals surface area contributed by atoms with Crippen molar-refractivity contribution in [2.45, 2.75) is 128 Å². The number of aliphatic carboxylic acids is 1. The second kappa shape index (κ2) is 17.7. The monoisotopic (exact) mass is 547 g/mol. The highest BCUT2D eigenvalue weighted by Gasteiger charge is 2.21. The van der Waals surface area contributed by atoms with Gasteiger partial charge in [-0.3, -0.25) is 0 Å². The SMILES string of the molecule is C1CCC(NC2CCCCC2)CC1.CC(C)(C)OC(=O)NCCC[C@@H](NC(=O)OCc1ccccc1)C(=O)O. The molecule has 1 aromatic rings. The highest BCUT2D eigenvalue weighted by atomic mass is 16.6. The van der Waals surface area contributed by atoms with Crippen molar-refractivity contribution < 1.29 is 29.0 Å². The van der Waals surface area contributed by atoms with Crippen molar-refractivity contribution in [3.63, 3.8) is 0 Å². The van der Waals surface area contributed by atoms with E-state index in [1.54, 1.807) is 32.9 Å². The van der Waals surface area contributed by atoms with Gasteiger partial charge >= 0.3 is 18.2 Å². The molecule has 0 aliphatic heterocycles. The van der Waals surface area contributed by atoms with Crippen LogP contribution in [0.25, 0.3) is 0 Å². The molecule has 0 spiro atoms. The number of carboxylic acid groups (broad SMARTS) is 1. The molecule has 3 rings (SSSR count). The van der Waals surface area contributed by atoms with E-state index in [0.29, 0.717) is 6.42 Å². The first-order valence-corrected chi connectivity index (χ1v) is 14.6. The molecule has 2 fully saturated rings. The Hall–Kier alpha value is -2.81. The van der Waals surface area contributed by atoms with Crippen LogP contribution in [0.3, 0.4) is 0 Å². The Morgan fingerprint density at radius 1 is 0.897 bits per heavy atom. The third-order valence-electron chi connectivity index (χ3n) is 6.82. The van der Waals surface area contributed by atoms with Crippen LogP contribution in [0.2, 0.25) is 0 Å². The van der Waals surface area contributed by atoms with Crippen LogP contribution in [0.1, 0.15) is 103 Å². The molecule has 0 aromatic heterocycles. The largest absolute Gasteiger partial charge is 0.480 e. The van der Waals surface area contributed by atoms with Crippen LogP contribution in [0.15, 0.2) is 30.3 Å². The number of carbonyl (C=O) groups is 3. The maximum atomic E-state index is 11.7. The summed E-state index contributed by atoms with van der Waals surface area (Å²) >= 11 is 0. The molecular formula is C30H49N3O6. The molecule has 4 N–H and O–H groups in total. The minimum absolute atomic E-state index is 0.0548. The highest BCUT2D eigenvalue weighted by molar-refractivity contribution is 5.79. The lowest BCUT2D eigenvalue weighted by atomic mass is 9.91. The molecule has 1 aromatic carbocycles. The molecule has 0 heterocycles. The third-order valence-corrected chi connectivity index (χ3v) is 6.82. The van der Waals surface area contributed by atoms with Crippen LogP contribution >= 0.6 is 0 Å². The summed E-state index contributed by atoms with van der Waals surface area (Å²) in [5.41, 5.74) is 0.202. The molecule has 220 valence electrons. The zero-order valence-electron chi connectivity index (χ0n) is 24.0. The van der Waals surface area contributed by atoms with Crippen LogP contribution in [0.4, 0.5) is 9.59 Å². The van der Waals surface area contributed by atoms with Crippen LogP contribution in [-0.2, 0) is 20.9 Å². The van der Waals surface area contributed by atoms with E-state index in [1.165, 1.54) is 64.2 Å². The van der Waals surface area contributed by atoms with E-state index in [-0.39, 0.29) is 19.6 Å². The van der Waals surface area contributed by atoms with Crippen molar-refractivity contribution in [1.29, 1.82) is 0 Å². The van der Waals surface area contributed by atoms with Gasteiger partial charge in [-0.2, -0.15) is 0 Å².